The lowest BCUT2D eigenvalue weighted by Crippen LogP contribution is -2.56. The molecule has 0 aliphatic heterocycles. The monoisotopic (exact) mass is 503 g/mol. The largest absolute Gasteiger partial charge is 0.444 e. The third-order valence-electron chi connectivity index (χ3n) is 6.36. The number of hydrogen-bond donors (Lipinski definition) is 1. The van der Waals surface area contributed by atoms with Gasteiger partial charge in [-0.25, -0.2) is 4.79 Å². The van der Waals surface area contributed by atoms with Gasteiger partial charge >= 0.3 is 6.09 Å². The molecule has 7 nitrogen and oxygen atoms in total. The Morgan fingerprint density at radius 3 is 2.08 bits per heavy atom. The molecule has 3 aromatic rings. The quantitative estimate of drug-likeness (QED) is 0.493. The number of likely N-dealkylation sites (N-methyl/N-ethyl adjacent to an activating group) is 3. The molecule has 7 heteroatoms. The van der Waals surface area contributed by atoms with Gasteiger partial charge in [-0.15, -0.1) is 0 Å². The van der Waals surface area contributed by atoms with Gasteiger partial charge in [-0.3, -0.25) is 14.5 Å². The van der Waals surface area contributed by atoms with E-state index in [9.17, 15) is 14.4 Å². The van der Waals surface area contributed by atoms with E-state index in [4.69, 9.17) is 4.74 Å². The molecule has 0 saturated carbocycles. The van der Waals surface area contributed by atoms with Crippen LogP contribution >= 0.6 is 0 Å². The number of carbonyl (C=O) groups is 3. The summed E-state index contributed by atoms with van der Waals surface area (Å²) < 4.78 is 5.60. The van der Waals surface area contributed by atoms with Gasteiger partial charge in [0.15, 0.2) is 0 Å². The smallest absolute Gasteiger partial charge is 0.410 e. The zero-order valence-electron chi connectivity index (χ0n) is 22.5. The van der Waals surface area contributed by atoms with Crippen molar-refractivity contribution in [3.63, 3.8) is 0 Å². The van der Waals surface area contributed by atoms with Crippen LogP contribution in [0.15, 0.2) is 72.8 Å². The average molecular weight is 504 g/mol. The number of nitrogens with one attached hydrogen (secondary N) is 1. The summed E-state index contributed by atoms with van der Waals surface area (Å²) in [6.45, 7) is 5.36. The number of ether oxygens (including phenoxy) is 1. The molecule has 0 fully saturated rings. The van der Waals surface area contributed by atoms with Crippen LogP contribution in [-0.4, -0.2) is 66.5 Å². The molecule has 0 bridgehead atoms. The number of rotatable bonds is 8. The van der Waals surface area contributed by atoms with E-state index in [1.54, 1.807) is 41.9 Å². The van der Waals surface area contributed by atoms with Gasteiger partial charge in [0, 0.05) is 34.0 Å². The van der Waals surface area contributed by atoms with Gasteiger partial charge in [-0.1, -0.05) is 72.8 Å². The van der Waals surface area contributed by atoms with Crippen molar-refractivity contribution in [2.24, 2.45) is 0 Å². The standard InChI is InChI=1S/C30H37N3O4/c1-30(2,3)37-29(36)33(6)26(20-23-17-12-16-22-15-10-11-18-24(22)23)28(35)32(5)25(27(34)31-4)19-21-13-8-7-9-14-21/h7-18,25-26H,19-20H2,1-6H3,(H,31,34)/t25-,26-/m1/s1. The number of nitrogens with zero attached hydrogens (tertiary/aromatic N) is 2. The minimum absolute atomic E-state index is 0.270. The highest BCUT2D eigenvalue weighted by molar-refractivity contribution is 5.92. The maximum Gasteiger partial charge on any atom is 0.410 e. The van der Waals surface area contributed by atoms with Crippen LogP contribution in [0, 0.1) is 0 Å². The van der Waals surface area contributed by atoms with E-state index in [1.807, 2.05) is 72.8 Å². The SMILES string of the molecule is CNC(=O)[C@@H](Cc1ccccc1)N(C)C(=O)[C@@H](Cc1cccc2ccccc12)N(C)C(=O)OC(C)(C)C. The third-order valence-corrected chi connectivity index (χ3v) is 6.36. The van der Waals surface area contributed by atoms with E-state index < -0.39 is 23.8 Å². The Morgan fingerprint density at radius 1 is 0.811 bits per heavy atom. The van der Waals surface area contributed by atoms with Gasteiger partial charge in [0.25, 0.3) is 0 Å². The van der Waals surface area contributed by atoms with Gasteiger partial charge in [0.2, 0.25) is 11.8 Å². The lowest BCUT2D eigenvalue weighted by Gasteiger charge is -2.35. The van der Waals surface area contributed by atoms with Crippen LogP contribution in [0.2, 0.25) is 0 Å². The van der Waals surface area contributed by atoms with Crippen molar-refractivity contribution in [2.45, 2.75) is 51.3 Å². The fraction of sp³-hybridized carbons (Fsp3) is 0.367. The predicted molar refractivity (Wildman–Crippen MR) is 146 cm³/mol. The lowest BCUT2D eigenvalue weighted by molar-refractivity contribution is -0.142. The van der Waals surface area contributed by atoms with Crippen LogP contribution in [0.25, 0.3) is 10.8 Å². The summed E-state index contributed by atoms with van der Waals surface area (Å²) >= 11 is 0. The summed E-state index contributed by atoms with van der Waals surface area (Å²) in [4.78, 5) is 42.8. The van der Waals surface area contributed by atoms with Crippen molar-refractivity contribution >= 4 is 28.7 Å². The Balaban J connectivity index is 1.98. The van der Waals surface area contributed by atoms with Crippen LogP contribution in [0.1, 0.15) is 31.9 Å². The summed E-state index contributed by atoms with van der Waals surface area (Å²) in [5.41, 5.74) is 1.14. The van der Waals surface area contributed by atoms with Crippen LogP contribution in [0.4, 0.5) is 4.79 Å². The topological polar surface area (TPSA) is 79.0 Å². The zero-order chi connectivity index (χ0) is 27.2. The summed E-state index contributed by atoms with van der Waals surface area (Å²) in [5.74, 6) is -0.616. The first-order valence-corrected chi connectivity index (χ1v) is 12.5. The van der Waals surface area contributed by atoms with Crippen molar-refractivity contribution < 1.29 is 19.1 Å². The molecule has 3 aromatic carbocycles. The normalized spacial score (nSPS) is 12.9. The third kappa shape index (κ3) is 7.09. The van der Waals surface area contributed by atoms with Gasteiger partial charge in [-0.05, 0) is 42.7 Å². The van der Waals surface area contributed by atoms with Crippen LogP contribution in [0.5, 0.6) is 0 Å². The summed E-state index contributed by atoms with van der Waals surface area (Å²) in [7, 11) is 4.74. The molecule has 0 radical (unpaired) electrons. The zero-order valence-corrected chi connectivity index (χ0v) is 22.5. The highest BCUT2D eigenvalue weighted by Crippen LogP contribution is 2.23. The van der Waals surface area contributed by atoms with Gasteiger partial charge < -0.3 is 15.0 Å². The first kappa shape index (κ1) is 27.7. The number of carbonyl (C=O) groups excluding carboxylic acids is 3. The Morgan fingerprint density at radius 2 is 1.43 bits per heavy atom. The second kappa shape index (κ2) is 11.9. The van der Waals surface area contributed by atoms with Crippen molar-refractivity contribution in [1.29, 1.82) is 0 Å². The maximum atomic E-state index is 14.0. The van der Waals surface area contributed by atoms with Crippen molar-refractivity contribution in [3.8, 4) is 0 Å². The van der Waals surface area contributed by atoms with Crippen molar-refractivity contribution in [1.82, 2.24) is 15.1 Å². The highest BCUT2D eigenvalue weighted by Gasteiger charge is 2.36. The number of hydrogen-bond acceptors (Lipinski definition) is 4. The molecule has 196 valence electrons. The fourth-order valence-corrected chi connectivity index (χ4v) is 4.33. The summed E-state index contributed by atoms with van der Waals surface area (Å²) in [6, 6.07) is 21.8. The fourth-order valence-electron chi connectivity index (χ4n) is 4.33. The second-order valence-electron chi connectivity index (χ2n) is 10.2. The van der Waals surface area contributed by atoms with E-state index in [0.717, 1.165) is 21.9 Å². The van der Waals surface area contributed by atoms with E-state index >= 15 is 0 Å². The van der Waals surface area contributed by atoms with Crippen LogP contribution < -0.4 is 5.32 Å². The average Bonchev–Trinajstić information content (AvgIpc) is 2.88. The first-order valence-electron chi connectivity index (χ1n) is 12.5. The molecule has 2 atom stereocenters. The molecule has 0 spiro atoms. The van der Waals surface area contributed by atoms with Crippen molar-refractivity contribution in [3.05, 3.63) is 83.9 Å². The molecule has 1 N–H and O–H groups in total. The first-order chi connectivity index (χ1) is 17.5. The highest BCUT2D eigenvalue weighted by atomic mass is 16.6. The molecular weight excluding hydrogens is 466 g/mol. The van der Waals surface area contributed by atoms with Gasteiger partial charge in [0.1, 0.15) is 17.7 Å². The minimum atomic E-state index is -0.881. The van der Waals surface area contributed by atoms with E-state index in [-0.39, 0.29) is 18.2 Å². The lowest BCUT2D eigenvalue weighted by atomic mass is 9.96. The molecule has 3 rings (SSSR count). The van der Waals surface area contributed by atoms with E-state index in [2.05, 4.69) is 5.32 Å². The predicted octanol–water partition coefficient (Wildman–Crippen LogP) is 4.43. The Kier molecular flexibility index (Phi) is 8.92. The number of amides is 3. The Labute approximate surface area is 219 Å². The molecule has 0 heterocycles. The maximum absolute atomic E-state index is 14.0. The number of benzene rings is 3. The van der Waals surface area contributed by atoms with Crippen LogP contribution in [0.3, 0.4) is 0 Å². The van der Waals surface area contributed by atoms with E-state index in [0.29, 0.717) is 6.42 Å². The molecule has 37 heavy (non-hydrogen) atoms. The summed E-state index contributed by atoms with van der Waals surface area (Å²) in [6.07, 6.45) is 0.0189. The molecule has 0 aliphatic rings. The van der Waals surface area contributed by atoms with Gasteiger partial charge in [-0.2, -0.15) is 0 Å². The Bertz CT molecular complexity index is 1230. The number of fused-ring (bicyclic) bond motifs is 1. The molecular formula is C30H37N3O4. The molecule has 0 aliphatic carbocycles. The van der Waals surface area contributed by atoms with E-state index in [1.165, 1.54) is 9.80 Å². The second-order valence-corrected chi connectivity index (χ2v) is 10.2. The van der Waals surface area contributed by atoms with Crippen LogP contribution in [-0.2, 0) is 27.2 Å². The molecule has 0 aromatic heterocycles. The molecule has 3 amide bonds. The minimum Gasteiger partial charge on any atom is -0.444 e. The van der Waals surface area contributed by atoms with Crippen molar-refractivity contribution in [2.75, 3.05) is 21.1 Å². The molecule has 0 saturated heterocycles. The Hall–Kier alpha value is -3.87. The van der Waals surface area contributed by atoms with Gasteiger partial charge in [0.05, 0.1) is 0 Å². The molecule has 0 unspecified atom stereocenters. The summed E-state index contributed by atoms with van der Waals surface area (Å²) in [5, 5.41) is 4.74.